The molecule has 5 rings (SSSR count). The highest BCUT2D eigenvalue weighted by molar-refractivity contribution is 6.04. The molecule has 2 atom stereocenters. The van der Waals surface area contributed by atoms with Gasteiger partial charge in [0, 0.05) is 18.0 Å². The number of aliphatic imine (C=N–C) groups is 1. The van der Waals surface area contributed by atoms with Crippen LogP contribution in [0.15, 0.2) is 66.0 Å². The Bertz CT molecular complexity index is 1340. The number of amidine groups is 1. The number of hydrogen-bond donors (Lipinski definition) is 2. The number of halogens is 1. The van der Waals surface area contributed by atoms with E-state index in [1.807, 2.05) is 32.0 Å². The normalized spacial score (nSPS) is 18.6. The van der Waals surface area contributed by atoms with Crippen molar-refractivity contribution in [2.75, 3.05) is 12.4 Å². The zero-order valence-corrected chi connectivity index (χ0v) is 18.3. The average molecular weight is 447 g/mol. The van der Waals surface area contributed by atoms with Gasteiger partial charge in [0.05, 0.1) is 30.6 Å². The fraction of sp³-hybridized carbons (Fsp3) is 0.217. The van der Waals surface area contributed by atoms with Crippen LogP contribution in [0.25, 0.3) is 5.65 Å². The van der Waals surface area contributed by atoms with E-state index in [4.69, 9.17) is 19.6 Å². The summed E-state index contributed by atoms with van der Waals surface area (Å²) in [7, 11) is 1.56. The summed E-state index contributed by atoms with van der Waals surface area (Å²) < 4.78 is 20.8. The van der Waals surface area contributed by atoms with Crippen LogP contribution in [0, 0.1) is 5.82 Å². The summed E-state index contributed by atoms with van der Waals surface area (Å²) in [6, 6.07) is 11.5. The van der Waals surface area contributed by atoms with Gasteiger partial charge in [0.2, 0.25) is 5.72 Å². The molecule has 0 amide bonds. The number of pyridine rings is 1. The summed E-state index contributed by atoms with van der Waals surface area (Å²) >= 11 is 0. The molecule has 9 nitrogen and oxygen atoms in total. The summed E-state index contributed by atoms with van der Waals surface area (Å²) in [5.41, 5.74) is 4.54. The number of hydrogen-bond acceptors (Lipinski definition) is 8. The van der Waals surface area contributed by atoms with Gasteiger partial charge in [0.15, 0.2) is 11.5 Å². The van der Waals surface area contributed by atoms with Gasteiger partial charge in [-0.1, -0.05) is 6.07 Å². The van der Waals surface area contributed by atoms with E-state index >= 15 is 0 Å². The highest BCUT2D eigenvalue weighted by Crippen LogP contribution is 2.30. The van der Waals surface area contributed by atoms with E-state index in [1.165, 1.54) is 12.1 Å². The molecule has 168 valence electrons. The molecule has 10 heteroatoms. The molecule has 33 heavy (non-hydrogen) atoms. The molecular weight excluding hydrogens is 425 g/mol. The van der Waals surface area contributed by atoms with E-state index in [2.05, 4.69) is 20.9 Å². The van der Waals surface area contributed by atoms with E-state index in [0.29, 0.717) is 39.9 Å². The largest absolute Gasteiger partial charge is 0.496 e. The van der Waals surface area contributed by atoms with Crippen molar-refractivity contribution in [3.05, 3.63) is 83.7 Å². The van der Waals surface area contributed by atoms with Crippen LogP contribution in [0.5, 0.6) is 5.75 Å². The van der Waals surface area contributed by atoms with Gasteiger partial charge in [-0.15, -0.1) is 0 Å². The van der Waals surface area contributed by atoms with Crippen LogP contribution in [-0.4, -0.2) is 32.5 Å². The Morgan fingerprint density at radius 3 is 2.91 bits per heavy atom. The van der Waals surface area contributed by atoms with Crippen molar-refractivity contribution in [3.63, 3.8) is 0 Å². The van der Waals surface area contributed by atoms with Crippen LogP contribution in [0.3, 0.4) is 0 Å². The highest BCUT2D eigenvalue weighted by atomic mass is 19.1. The first-order valence-corrected chi connectivity index (χ1v) is 10.4. The molecule has 0 saturated carbocycles. The lowest BCUT2D eigenvalue weighted by Crippen LogP contribution is -2.25. The zero-order chi connectivity index (χ0) is 23.0. The van der Waals surface area contributed by atoms with E-state index in [-0.39, 0.29) is 11.9 Å². The van der Waals surface area contributed by atoms with Crippen molar-refractivity contribution in [2.45, 2.75) is 25.6 Å². The number of benzene rings is 1. The number of methoxy groups -OCH3 is 1. The third kappa shape index (κ3) is 3.85. The molecule has 4 aromatic rings. The maximum atomic E-state index is 13.8. The number of aromatic nitrogens is 4. The van der Waals surface area contributed by atoms with Crippen LogP contribution in [-0.2, 0) is 10.6 Å². The molecular formula is C23H22FN7O2. The smallest absolute Gasteiger partial charge is 0.226 e. The standard InChI is InChI=1S/C23H22FN7O2/c1-14(16-12-15(24)7-8-18(16)32-3)27-20-9-11-31-22(28-20)17(13-26-31)21-29-23(2,33-30-21)19-6-4-5-10-25-19/h4-14H,1-3H3,(H,27,28)(H,29,30)/t14-,23?/m1/s1. The van der Waals surface area contributed by atoms with Gasteiger partial charge in [-0.2, -0.15) is 5.10 Å². The molecule has 3 aromatic heterocycles. The molecule has 4 heterocycles. The maximum absolute atomic E-state index is 13.8. The highest BCUT2D eigenvalue weighted by Gasteiger charge is 2.36. The molecule has 1 aliphatic heterocycles. The van der Waals surface area contributed by atoms with Crippen molar-refractivity contribution in [3.8, 4) is 5.75 Å². The van der Waals surface area contributed by atoms with Crippen molar-refractivity contribution >= 4 is 17.3 Å². The predicted octanol–water partition coefficient (Wildman–Crippen LogP) is 3.60. The second-order valence-electron chi connectivity index (χ2n) is 7.75. The molecule has 0 bridgehead atoms. The Morgan fingerprint density at radius 2 is 2.12 bits per heavy atom. The van der Waals surface area contributed by atoms with Gasteiger partial charge in [0.1, 0.15) is 17.4 Å². The van der Waals surface area contributed by atoms with Crippen LogP contribution >= 0.6 is 0 Å². The molecule has 0 radical (unpaired) electrons. The number of nitrogens with one attached hydrogen (secondary N) is 2. The lowest BCUT2D eigenvalue weighted by molar-refractivity contribution is -0.0481. The number of rotatable bonds is 6. The number of nitrogens with zero attached hydrogens (tertiary/aromatic N) is 5. The second-order valence-corrected chi connectivity index (χ2v) is 7.75. The minimum absolute atomic E-state index is 0.255. The summed E-state index contributed by atoms with van der Waals surface area (Å²) in [6.07, 6.45) is 5.16. The Morgan fingerprint density at radius 1 is 1.24 bits per heavy atom. The summed E-state index contributed by atoms with van der Waals surface area (Å²) in [6.45, 7) is 3.74. The predicted molar refractivity (Wildman–Crippen MR) is 120 cm³/mol. The molecule has 0 fully saturated rings. The quantitative estimate of drug-likeness (QED) is 0.466. The molecule has 2 N–H and O–H groups in total. The molecule has 0 aliphatic carbocycles. The first-order chi connectivity index (χ1) is 16.0. The van der Waals surface area contributed by atoms with Crippen LogP contribution in [0.2, 0.25) is 0 Å². The third-order valence-corrected chi connectivity index (χ3v) is 5.46. The second kappa shape index (κ2) is 8.14. The Labute approximate surface area is 189 Å². The van der Waals surface area contributed by atoms with Crippen molar-refractivity contribution in [1.82, 2.24) is 25.1 Å². The minimum atomic E-state index is -0.969. The summed E-state index contributed by atoms with van der Waals surface area (Å²) in [5, 5.41) is 7.67. The van der Waals surface area contributed by atoms with Crippen LogP contribution in [0.1, 0.15) is 36.7 Å². The van der Waals surface area contributed by atoms with Gasteiger partial charge >= 0.3 is 0 Å². The number of hydroxylamine groups is 1. The fourth-order valence-corrected chi connectivity index (χ4v) is 3.73. The van der Waals surface area contributed by atoms with Gasteiger partial charge in [-0.3, -0.25) is 4.98 Å². The van der Waals surface area contributed by atoms with Gasteiger partial charge in [-0.25, -0.2) is 29.2 Å². The molecule has 0 spiro atoms. The summed E-state index contributed by atoms with van der Waals surface area (Å²) in [4.78, 5) is 19.5. The van der Waals surface area contributed by atoms with E-state index < -0.39 is 5.72 Å². The van der Waals surface area contributed by atoms with E-state index in [0.717, 1.165) is 0 Å². The average Bonchev–Trinajstić information content (AvgIpc) is 3.43. The molecule has 1 aromatic carbocycles. The molecule has 0 saturated heterocycles. The zero-order valence-electron chi connectivity index (χ0n) is 18.3. The Kier molecular flexibility index (Phi) is 5.14. The SMILES string of the molecule is COc1ccc(F)cc1[C@@H](C)Nc1ccn2ncc(C3=NC(C)(c4ccccn4)ON3)c2n1. The molecule has 1 unspecified atom stereocenters. The fourth-order valence-electron chi connectivity index (χ4n) is 3.73. The van der Waals surface area contributed by atoms with Gasteiger partial charge in [-0.05, 0) is 50.2 Å². The van der Waals surface area contributed by atoms with Crippen LogP contribution < -0.4 is 15.5 Å². The Balaban J connectivity index is 1.46. The summed E-state index contributed by atoms with van der Waals surface area (Å²) in [5.74, 6) is 1.36. The number of fused-ring (bicyclic) bond motifs is 1. The minimum Gasteiger partial charge on any atom is -0.496 e. The van der Waals surface area contributed by atoms with Gasteiger partial charge in [0.25, 0.3) is 0 Å². The third-order valence-electron chi connectivity index (χ3n) is 5.46. The maximum Gasteiger partial charge on any atom is 0.226 e. The topological polar surface area (TPSA) is 98.0 Å². The van der Waals surface area contributed by atoms with Crippen molar-refractivity contribution < 1.29 is 14.0 Å². The lowest BCUT2D eigenvalue weighted by atomic mass is 10.1. The first-order valence-electron chi connectivity index (χ1n) is 10.4. The number of ether oxygens (including phenoxy) is 1. The van der Waals surface area contributed by atoms with Gasteiger partial charge < -0.3 is 10.1 Å². The first kappa shape index (κ1) is 20.8. The number of anilines is 1. The lowest BCUT2D eigenvalue weighted by Gasteiger charge is -2.18. The molecule has 1 aliphatic rings. The van der Waals surface area contributed by atoms with Crippen LogP contribution in [0.4, 0.5) is 10.2 Å². The van der Waals surface area contributed by atoms with E-state index in [9.17, 15) is 4.39 Å². The van der Waals surface area contributed by atoms with E-state index in [1.54, 1.807) is 42.3 Å². The van der Waals surface area contributed by atoms with Crippen molar-refractivity contribution in [2.24, 2.45) is 4.99 Å². The Hall–Kier alpha value is -4.05. The monoisotopic (exact) mass is 447 g/mol. The van der Waals surface area contributed by atoms with Crippen molar-refractivity contribution in [1.29, 1.82) is 0 Å².